The van der Waals surface area contributed by atoms with Crippen molar-refractivity contribution in [2.45, 2.75) is 19.4 Å². The van der Waals surface area contributed by atoms with E-state index in [-0.39, 0.29) is 10.2 Å². The fourth-order valence-electron chi connectivity index (χ4n) is 1.01. The molecular weight excluding hydrogens is 294 g/mol. The molecule has 0 spiro atoms. The second-order valence-corrected chi connectivity index (χ2v) is 4.93. The van der Waals surface area contributed by atoms with Gasteiger partial charge in [-0.3, -0.25) is 4.79 Å². The summed E-state index contributed by atoms with van der Waals surface area (Å²) < 4.78 is 26.5. The lowest BCUT2D eigenvalue weighted by Gasteiger charge is -2.22. The monoisotopic (exact) mass is 306 g/mol. The normalized spacial score (nSPS) is 11.4. The maximum Gasteiger partial charge on any atom is 0.244 e. The summed E-state index contributed by atoms with van der Waals surface area (Å²) in [6.07, 6.45) is 0. The standard InChI is InChI=1S/C11H13BrF2N2O/c1-11(2,15-3)10(17)16-9-4-6(12)7(13)5-8(9)14/h4-5,15H,1-3H3,(H,16,17). The molecule has 2 N–H and O–H groups in total. The Kier molecular flexibility index (Phi) is 4.21. The first-order valence-electron chi connectivity index (χ1n) is 4.93. The number of benzene rings is 1. The molecule has 0 atom stereocenters. The van der Waals surface area contributed by atoms with Gasteiger partial charge in [0.05, 0.1) is 15.7 Å². The molecule has 94 valence electrons. The van der Waals surface area contributed by atoms with Gasteiger partial charge in [0.15, 0.2) is 0 Å². The highest BCUT2D eigenvalue weighted by molar-refractivity contribution is 9.10. The van der Waals surface area contributed by atoms with E-state index in [1.165, 1.54) is 6.07 Å². The van der Waals surface area contributed by atoms with Crippen LogP contribution in [0.4, 0.5) is 14.5 Å². The third-order valence-electron chi connectivity index (χ3n) is 2.45. The zero-order chi connectivity index (χ0) is 13.2. The van der Waals surface area contributed by atoms with Crippen molar-refractivity contribution >= 4 is 27.5 Å². The quantitative estimate of drug-likeness (QED) is 0.843. The van der Waals surface area contributed by atoms with Gasteiger partial charge in [-0.15, -0.1) is 0 Å². The molecule has 1 rings (SSSR count). The molecule has 0 saturated carbocycles. The Morgan fingerprint density at radius 3 is 2.41 bits per heavy atom. The minimum Gasteiger partial charge on any atom is -0.322 e. The van der Waals surface area contributed by atoms with E-state index in [4.69, 9.17) is 0 Å². The summed E-state index contributed by atoms with van der Waals surface area (Å²) in [7, 11) is 1.62. The summed E-state index contributed by atoms with van der Waals surface area (Å²) in [4.78, 5) is 11.8. The van der Waals surface area contributed by atoms with Gasteiger partial charge >= 0.3 is 0 Å². The van der Waals surface area contributed by atoms with Crippen LogP contribution in [-0.2, 0) is 4.79 Å². The van der Waals surface area contributed by atoms with Crippen LogP contribution in [0, 0.1) is 11.6 Å². The lowest BCUT2D eigenvalue weighted by molar-refractivity contribution is -0.121. The molecule has 0 fully saturated rings. The minimum absolute atomic E-state index is 0.0633. The van der Waals surface area contributed by atoms with Gasteiger partial charge in [-0.05, 0) is 42.9 Å². The number of hydrogen-bond acceptors (Lipinski definition) is 2. The van der Waals surface area contributed by atoms with E-state index >= 15 is 0 Å². The Balaban J connectivity index is 2.97. The number of halogens is 3. The summed E-state index contributed by atoms with van der Waals surface area (Å²) in [6.45, 7) is 3.30. The van der Waals surface area contributed by atoms with Crippen molar-refractivity contribution < 1.29 is 13.6 Å². The molecule has 0 unspecified atom stereocenters. The molecule has 0 aliphatic carbocycles. The molecule has 0 bridgehead atoms. The van der Waals surface area contributed by atoms with E-state index in [0.29, 0.717) is 6.07 Å². The lowest BCUT2D eigenvalue weighted by atomic mass is 10.1. The number of carbonyl (C=O) groups is 1. The molecule has 3 nitrogen and oxygen atoms in total. The van der Waals surface area contributed by atoms with Crippen LogP contribution in [0.1, 0.15) is 13.8 Å². The number of nitrogens with one attached hydrogen (secondary N) is 2. The average molecular weight is 307 g/mol. The van der Waals surface area contributed by atoms with Crippen molar-refractivity contribution in [1.29, 1.82) is 0 Å². The van der Waals surface area contributed by atoms with Gasteiger partial charge in [0.1, 0.15) is 11.6 Å². The van der Waals surface area contributed by atoms with Crippen LogP contribution in [-0.4, -0.2) is 18.5 Å². The summed E-state index contributed by atoms with van der Waals surface area (Å²) in [5.41, 5.74) is -0.903. The van der Waals surface area contributed by atoms with E-state index in [9.17, 15) is 13.6 Å². The zero-order valence-electron chi connectivity index (χ0n) is 9.70. The summed E-state index contributed by atoms with van der Waals surface area (Å²) in [5.74, 6) is -1.93. The third kappa shape index (κ3) is 3.23. The predicted octanol–water partition coefficient (Wildman–Crippen LogP) is 2.66. The molecule has 0 aliphatic heterocycles. The smallest absolute Gasteiger partial charge is 0.244 e. The molecule has 0 radical (unpaired) electrons. The molecule has 1 aromatic rings. The third-order valence-corrected chi connectivity index (χ3v) is 3.06. The van der Waals surface area contributed by atoms with E-state index in [2.05, 4.69) is 26.6 Å². The van der Waals surface area contributed by atoms with Crippen LogP contribution >= 0.6 is 15.9 Å². The van der Waals surface area contributed by atoms with Crippen molar-refractivity contribution in [3.63, 3.8) is 0 Å². The Morgan fingerprint density at radius 2 is 1.88 bits per heavy atom. The molecule has 0 aromatic heterocycles. The highest BCUT2D eigenvalue weighted by Crippen LogP contribution is 2.24. The maximum atomic E-state index is 13.4. The number of rotatable bonds is 3. The van der Waals surface area contributed by atoms with Crippen LogP contribution in [0.5, 0.6) is 0 Å². The van der Waals surface area contributed by atoms with E-state index in [0.717, 1.165) is 0 Å². The number of carbonyl (C=O) groups excluding carboxylic acids is 1. The Labute approximate surface area is 107 Å². The van der Waals surface area contributed by atoms with Crippen molar-refractivity contribution in [2.24, 2.45) is 0 Å². The highest BCUT2D eigenvalue weighted by atomic mass is 79.9. The zero-order valence-corrected chi connectivity index (χ0v) is 11.3. The van der Waals surface area contributed by atoms with Crippen LogP contribution in [0.2, 0.25) is 0 Å². The van der Waals surface area contributed by atoms with Crippen LogP contribution in [0.25, 0.3) is 0 Å². The molecular formula is C11H13BrF2N2O. The van der Waals surface area contributed by atoms with Gasteiger partial charge in [-0.2, -0.15) is 0 Å². The van der Waals surface area contributed by atoms with E-state index in [1.54, 1.807) is 20.9 Å². The average Bonchev–Trinajstić information content (AvgIpc) is 2.25. The molecule has 0 heterocycles. The SMILES string of the molecule is CNC(C)(C)C(=O)Nc1cc(Br)c(F)cc1F. The number of likely N-dealkylation sites (N-methyl/N-ethyl adjacent to an activating group) is 1. The summed E-state index contributed by atoms with van der Waals surface area (Å²) >= 11 is 2.93. The van der Waals surface area contributed by atoms with Gasteiger partial charge in [0.2, 0.25) is 5.91 Å². The van der Waals surface area contributed by atoms with Crippen molar-refractivity contribution in [1.82, 2.24) is 5.32 Å². The minimum atomic E-state index is -0.840. The van der Waals surface area contributed by atoms with Crippen LogP contribution in [0.15, 0.2) is 16.6 Å². The number of amides is 1. The van der Waals surface area contributed by atoms with Crippen molar-refractivity contribution in [3.05, 3.63) is 28.2 Å². The molecule has 0 saturated heterocycles. The largest absolute Gasteiger partial charge is 0.322 e. The summed E-state index contributed by atoms with van der Waals surface area (Å²) in [5, 5.41) is 5.18. The van der Waals surface area contributed by atoms with Crippen molar-refractivity contribution in [3.8, 4) is 0 Å². The van der Waals surface area contributed by atoms with Crippen LogP contribution < -0.4 is 10.6 Å². The molecule has 1 aromatic carbocycles. The second kappa shape index (κ2) is 5.10. The maximum absolute atomic E-state index is 13.4. The first kappa shape index (κ1) is 14.1. The van der Waals surface area contributed by atoms with Gasteiger partial charge < -0.3 is 10.6 Å². The molecule has 1 amide bonds. The highest BCUT2D eigenvalue weighted by Gasteiger charge is 2.26. The second-order valence-electron chi connectivity index (χ2n) is 4.08. The van der Waals surface area contributed by atoms with E-state index < -0.39 is 23.1 Å². The fraction of sp³-hybridized carbons (Fsp3) is 0.364. The van der Waals surface area contributed by atoms with E-state index in [1.807, 2.05) is 0 Å². The number of anilines is 1. The summed E-state index contributed by atoms with van der Waals surface area (Å²) in [6, 6.07) is 1.90. The van der Waals surface area contributed by atoms with Crippen molar-refractivity contribution in [2.75, 3.05) is 12.4 Å². The first-order valence-corrected chi connectivity index (χ1v) is 5.72. The van der Waals surface area contributed by atoms with Gasteiger partial charge in [-0.25, -0.2) is 8.78 Å². The van der Waals surface area contributed by atoms with Crippen LogP contribution in [0.3, 0.4) is 0 Å². The Bertz CT molecular complexity index is 449. The first-order chi connectivity index (χ1) is 7.77. The Morgan fingerprint density at radius 1 is 1.29 bits per heavy atom. The molecule has 17 heavy (non-hydrogen) atoms. The fourth-order valence-corrected chi connectivity index (χ4v) is 1.35. The predicted molar refractivity (Wildman–Crippen MR) is 65.8 cm³/mol. The number of hydrogen-bond donors (Lipinski definition) is 2. The molecule has 0 aliphatic rings. The van der Waals surface area contributed by atoms with Gasteiger partial charge in [0.25, 0.3) is 0 Å². The topological polar surface area (TPSA) is 41.1 Å². The van der Waals surface area contributed by atoms with Gasteiger partial charge in [0, 0.05) is 6.07 Å². The lowest BCUT2D eigenvalue weighted by Crippen LogP contribution is -2.48. The molecule has 6 heteroatoms. The van der Waals surface area contributed by atoms with Gasteiger partial charge in [-0.1, -0.05) is 0 Å². The Hall–Kier alpha value is -1.01.